The molecule has 0 saturated heterocycles. The van der Waals surface area contributed by atoms with Gasteiger partial charge in [-0.3, -0.25) is 0 Å². The molecule has 2 aromatic rings. The number of benzene rings is 1. The van der Waals surface area contributed by atoms with Crippen LogP contribution in [0, 0.1) is 13.8 Å². The monoisotopic (exact) mass is 246 g/mol. The molecule has 0 radical (unpaired) electrons. The average Bonchev–Trinajstić information content (AvgIpc) is 2.32. The highest BCUT2D eigenvalue weighted by molar-refractivity contribution is 6.30. The lowest BCUT2D eigenvalue weighted by Gasteiger charge is -2.09. The molecule has 1 heterocycles. The van der Waals surface area contributed by atoms with Crippen molar-refractivity contribution in [3.05, 3.63) is 46.4 Å². The van der Waals surface area contributed by atoms with Crippen molar-refractivity contribution in [2.75, 3.05) is 0 Å². The zero-order valence-corrected chi connectivity index (χ0v) is 11.0. The summed E-state index contributed by atoms with van der Waals surface area (Å²) in [6, 6.07) is 6.34. The summed E-state index contributed by atoms with van der Waals surface area (Å²) in [5.41, 5.74) is 5.61. The van der Waals surface area contributed by atoms with Crippen LogP contribution in [0.4, 0.5) is 0 Å². The maximum Gasteiger partial charge on any atom is 0.136 e. The van der Waals surface area contributed by atoms with Gasteiger partial charge in [0.25, 0.3) is 0 Å². The van der Waals surface area contributed by atoms with E-state index < -0.39 is 0 Å². The second-order valence-corrected chi connectivity index (χ2v) is 4.50. The summed E-state index contributed by atoms with van der Waals surface area (Å²) in [7, 11) is 0. The van der Waals surface area contributed by atoms with Gasteiger partial charge in [-0.15, -0.1) is 0 Å². The first-order valence-electron chi connectivity index (χ1n) is 5.70. The fourth-order valence-corrected chi connectivity index (χ4v) is 2.11. The third-order valence-electron chi connectivity index (χ3n) is 3.03. The lowest BCUT2D eigenvalue weighted by molar-refractivity contribution is 1.05. The predicted molar refractivity (Wildman–Crippen MR) is 71.3 cm³/mol. The molecule has 0 aliphatic heterocycles. The van der Waals surface area contributed by atoms with E-state index in [1.165, 1.54) is 17.5 Å². The second-order valence-electron chi connectivity index (χ2n) is 4.14. The van der Waals surface area contributed by atoms with Crippen molar-refractivity contribution in [2.45, 2.75) is 27.2 Å². The van der Waals surface area contributed by atoms with E-state index in [4.69, 9.17) is 11.6 Å². The van der Waals surface area contributed by atoms with E-state index >= 15 is 0 Å². The molecule has 17 heavy (non-hydrogen) atoms. The molecule has 0 aliphatic rings. The van der Waals surface area contributed by atoms with Gasteiger partial charge in [0.15, 0.2) is 0 Å². The molecule has 88 valence electrons. The minimum atomic E-state index is 0.552. The maximum absolute atomic E-state index is 6.10. The molecule has 0 atom stereocenters. The lowest BCUT2D eigenvalue weighted by atomic mass is 10.0. The molecule has 0 unspecified atom stereocenters. The molecule has 1 aromatic carbocycles. The van der Waals surface area contributed by atoms with Gasteiger partial charge in [-0.1, -0.05) is 30.7 Å². The van der Waals surface area contributed by atoms with E-state index in [-0.39, 0.29) is 0 Å². The van der Waals surface area contributed by atoms with Crippen LogP contribution < -0.4 is 0 Å². The number of rotatable bonds is 2. The zero-order chi connectivity index (χ0) is 12.4. The van der Waals surface area contributed by atoms with Crippen molar-refractivity contribution >= 4 is 11.6 Å². The summed E-state index contributed by atoms with van der Waals surface area (Å²) in [6.07, 6.45) is 2.36. The van der Waals surface area contributed by atoms with Crippen LogP contribution in [0.5, 0.6) is 0 Å². The number of aromatic nitrogens is 2. The Labute approximate surface area is 107 Å². The molecule has 0 saturated carbocycles. The largest absolute Gasteiger partial charge is 0.236 e. The highest BCUT2D eigenvalue weighted by atomic mass is 35.5. The van der Waals surface area contributed by atoms with Gasteiger partial charge >= 0.3 is 0 Å². The molecular formula is C14H15ClN2. The Morgan fingerprint density at radius 3 is 2.53 bits per heavy atom. The van der Waals surface area contributed by atoms with Crippen molar-refractivity contribution < 1.29 is 0 Å². The first-order chi connectivity index (χ1) is 8.13. The van der Waals surface area contributed by atoms with Crippen LogP contribution in [0.25, 0.3) is 11.3 Å². The van der Waals surface area contributed by atoms with Gasteiger partial charge < -0.3 is 0 Å². The SMILES string of the molecule is CCc1c(Cl)ncnc1-c1ccc(C)c(C)c1. The van der Waals surface area contributed by atoms with Gasteiger partial charge in [0.1, 0.15) is 11.5 Å². The van der Waals surface area contributed by atoms with Gasteiger partial charge in [0.2, 0.25) is 0 Å². The third-order valence-corrected chi connectivity index (χ3v) is 3.35. The molecule has 0 fully saturated rings. The highest BCUT2D eigenvalue weighted by Gasteiger charge is 2.10. The smallest absolute Gasteiger partial charge is 0.136 e. The summed E-state index contributed by atoms with van der Waals surface area (Å²) in [5, 5.41) is 0.552. The maximum atomic E-state index is 6.10. The fourth-order valence-electron chi connectivity index (χ4n) is 1.84. The summed E-state index contributed by atoms with van der Waals surface area (Å²) < 4.78 is 0. The lowest BCUT2D eigenvalue weighted by Crippen LogP contribution is -1.96. The quantitative estimate of drug-likeness (QED) is 0.750. The van der Waals surface area contributed by atoms with E-state index in [1.54, 1.807) is 0 Å². The standard InChI is InChI=1S/C14H15ClN2/c1-4-12-13(16-8-17-14(12)15)11-6-5-9(2)10(3)7-11/h5-8H,4H2,1-3H3. The first-order valence-corrected chi connectivity index (χ1v) is 6.08. The van der Waals surface area contributed by atoms with Crippen molar-refractivity contribution in [1.82, 2.24) is 9.97 Å². The minimum Gasteiger partial charge on any atom is -0.236 e. The minimum absolute atomic E-state index is 0.552. The Hall–Kier alpha value is -1.41. The first kappa shape index (κ1) is 12.1. The number of hydrogen-bond donors (Lipinski definition) is 0. The molecule has 1 aromatic heterocycles. The highest BCUT2D eigenvalue weighted by Crippen LogP contribution is 2.27. The van der Waals surface area contributed by atoms with Crippen LogP contribution in [-0.4, -0.2) is 9.97 Å². The van der Waals surface area contributed by atoms with Crippen LogP contribution in [0.15, 0.2) is 24.5 Å². The Morgan fingerprint density at radius 1 is 1.12 bits per heavy atom. The van der Waals surface area contributed by atoms with Crippen LogP contribution in [0.3, 0.4) is 0 Å². The number of halogens is 1. The van der Waals surface area contributed by atoms with Crippen LogP contribution in [0.2, 0.25) is 5.15 Å². The predicted octanol–water partition coefficient (Wildman–Crippen LogP) is 3.98. The number of hydrogen-bond acceptors (Lipinski definition) is 2. The van der Waals surface area contributed by atoms with Crippen molar-refractivity contribution in [3.8, 4) is 11.3 Å². The molecule has 0 N–H and O–H groups in total. The van der Waals surface area contributed by atoms with Gasteiger partial charge in [-0.05, 0) is 37.5 Å². The van der Waals surface area contributed by atoms with Gasteiger partial charge in [0, 0.05) is 11.1 Å². The zero-order valence-electron chi connectivity index (χ0n) is 10.3. The van der Waals surface area contributed by atoms with Crippen LogP contribution in [0.1, 0.15) is 23.6 Å². The topological polar surface area (TPSA) is 25.8 Å². The van der Waals surface area contributed by atoms with E-state index in [0.717, 1.165) is 23.2 Å². The Kier molecular flexibility index (Phi) is 3.43. The van der Waals surface area contributed by atoms with Gasteiger partial charge in [0.05, 0.1) is 5.69 Å². The van der Waals surface area contributed by atoms with Gasteiger partial charge in [-0.2, -0.15) is 0 Å². The molecule has 0 bridgehead atoms. The van der Waals surface area contributed by atoms with E-state index in [9.17, 15) is 0 Å². The van der Waals surface area contributed by atoms with Crippen molar-refractivity contribution in [3.63, 3.8) is 0 Å². The second kappa shape index (κ2) is 4.84. The van der Waals surface area contributed by atoms with Crippen molar-refractivity contribution in [2.24, 2.45) is 0 Å². The van der Waals surface area contributed by atoms with Crippen LogP contribution in [-0.2, 0) is 6.42 Å². The summed E-state index contributed by atoms with van der Waals surface area (Å²) in [6.45, 7) is 6.27. The third kappa shape index (κ3) is 2.32. The number of nitrogens with zero attached hydrogens (tertiary/aromatic N) is 2. The van der Waals surface area contributed by atoms with Crippen molar-refractivity contribution in [1.29, 1.82) is 0 Å². The number of aryl methyl sites for hydroxylation is 2. The Balaban J connectivity index is 2.60. The fraction of sp³-hybridized carbons (Fsp3) is 0.286. The summed E-state index contributed by atoms with van der Waals surface area (Å²) >= 11 is 6.10. The summed E-state index contributed by atoms with van der Waals surface area (Å²) in [4.78, 5) is 8.39. The molecule has 2 rings (SSSR count). The molecule has 2 nitrogen and oxygen atoms in total. The van der Waals surface area contributed by atoms with E-state index in [1.807, 2.05) is 0 Å². The molecule has 3 heteroatoms. The summed E-state index contributed by atoms with van der Waals surface area (Å²) in [5.74, 6) is 0. The molecule has 0 spiro atoms. The molecule has 0 aliphatic carbocycles. The van der Waals surface area contributed by atoms with E-state index in [0.29, 0.717) is 5.15 Å². The Bertz CT molecular complexity index is 550. The average molecular weight is 247 g/mol. The Morgan fingerprint density at radius 2 is 1.88 bits per heavy atom. The normalized spacial score (nSPS) is 10.6. The van der Waals surface area contributed by atoms with Crippen LogP contribution >= 0.6 is 11.6 Å². The molecule has 0 amide bonds. The van der Waals surface area contributed by atoms with Gasteiger partial charge in [-0.25, -0.2) is 9.97 Å². The van der Waals surface area contributed by atoms with E-state index in [2.05, 4.69) is 48.9 Å². The molecular weight excluding hydrogens is 232 g/mol.